The molecule has 26 heavy (non-hydrogen) atoms. The van der Waals surface area contributed by atoms with E-state index in [-0.39, 0.29) is 10.9 Å². The Morgan fingerprint density at radius 2 is 1.65 bits per heavy atom. The molecule has 1 aromatic rings. The van der Waals surface area contributed by atoms with Gasteiger partial charge in [0.15, 0.2) is 8.32 Å². The third kappa shape index (κ3) is 6.25. The molecule has 0 radical (unpaired) electrons. The molecule has 0 bridgehead atoms. The van der Waals surface area contributed by atoms with E-state index in [1.165, 1.54) is 7.11 Å². The van der Waals surface area contributed by atoms with Gasteiger partial charge in [-0.1, -0.05) is 38.0 Å². The Labute approximate surface area is 158 Å². The van der Waals surface area contributed by atoms with Crippen molar-refractivity contribution in [2.75, 3.05) is 13.7 Å². The maximum atomic E-state index is 12.5. The number of ether oxygens (including phenoxy) is 1. The molecule has 0 fully saturated rings. The normalized spacial score (nSPS) is 13.2. The summed E-state index contributed by atoms with van der Waals surface area (Å²) in [4.78, 5) is 24.6. The first kappa shape index (κ1) is 22.4. The molecule has 5 nitrogen and oxygen atoms in total. The van der Waals surface area contributed by atoms with Crippen LogP contribution in [0.2, 0.25) is 18.1 Å². The number of methoxy groups -OCH3 is 1. The number of aryl methyl sites for hydroxylation is 2. The summed E-state index contributed by atoms with van der Waals surface area (Å²) in [6, 6.07) is 4.89. The van der Waals surface area contributed by atoms with E-state index in [1.54, 1.807) is 0 Å². The van der Waals surface area contributed by atoms with Gasteiger partial charge >= 0.3 is 5.97 Å². The van der Waals surface area contributed by atoms with Crippen LogP contribution in [0, 0.1) is 13.8 Å². The molecule has 0 aliphatic rings. The van der Waals surface area contributed by atoms with Crippen LogP contribution < -0.4 is 5.32 Å². The molecule has 1 aromatic carbocycles. The van der Waals surface area contributed by atoms with E-state index < -0.39 is 20.3 Å². The number of esters is 1. The Bertz CT molecular complexity index is 629. The molecular formula is C20H33NO4Si. The van der Waals surface area contributed by atoms with Gasteiger partial charge in [-0.15, -0.1) is 0 Å². The summed E-state index contributed by atoms with van der Waals surface area (Å²) < 4.78 is 11.0. The van der Waals surface area contributed by atoms with E-state index in [0.717, 1.165) is 11.1 Å². The summed E-state index contributed by atoms with van der Waals surface area (Å²) in [5.41, 5.74) is 2.55. The fraction of sp³-hybridized carbons (Fsp3) is 0.600. The maximum Gasteiger partial charge on any atom is 0.328 e. The van der Waals surface area contributed by atoms with Crippen LogP contribution in [0.4, 0.5) is 0 Å². The Balaban J connectivity index is 2.79. The van der Waals surface area contributed by atoms with Crippen molar-refractivity contribution in [3.8, 4) is 0 Å². The van der Waals surface area contributed by atoms with Crippen molar-refractivity contribution in [3.05, 3.63) is 34.9 Å². The number of amides is 1. The van der Waals surface area contributed by atoms with E-state index in [0.29, 0.717) is 18.6 Å². The zero-order chi connectivity index (χ0) is 20.1. The minimum Gasteiger partial charge on any atom is -0.467 e. The monoisotopic (exact) mass is 379 g/mol. The first-order chi connectivity index (χ1) is 11.9. The van der Waals surface area contributed by atoms with Gasteiger partial charge < -0.3 is 14.5 Å². The van der Waals surface area contributed by atoms with Crippen molar-refractivity contribution < 1.29 is 18.8 Å². The number of rotatable bonds is 7. The summed E-state index contributed by atoms with van der Waals surface area (Å²) in [5, 5.41) is 2.88. The smallest absolute Gasteiger partial charge is 0.328 e. The molecule has 0 aromatic heterocycles. The van der Waals surface area contributed by atoms with E-state index in [4.69, 9.17) is 9.16 Å². The zero-order valence-corrected chi connectivity index (χ0v) is 18.4. The molecule has 1 rings (SSSR count). The fourth-order valence-corrected chi connectivity index (χ4v) is 3.45. The molecule has 6 heteroatoms. The van der Waals surface area contributed by atoms with Crippen LogP contribution >= 0.6 is 0 Å². The maximum absolute atomic E-state index is 12.5. The molecule has 0 saturated heterocycles. The first-order valence-corrected chi connectivity index (χ1v) is 11.9. The van der Waals surface area contributed by atoms with Gasteiger partial charge in [-0.05, 0) is 44.1 Å². The van der Waals surface area contributed by atoms with Crippen LogP contribution in [0.5, 0.6) is 0 Å². The number of nitrogens with one attached hydrogen (secondary N) is 1. The van der Waals surface area contributed by atoms with Gasteiger partial charge in [0.1, 0.15) is 6.04 Å². The predicted octanol–water partition coefficient (Wildman–Crippen LogP) is 3.99. The molecule has 1 atom stereocenters. The van der Waals surface area contributed by atoms with Crippen molar-refractivity contribution in [2.45, 2.75) is 65.2 Å². The fourth-order valence-electron chi connectivity index (χ4n) is 2.39. The van der Waals surface area contributed by atoms with E-state index in [2.05, 4.69) is 39.2 Å². The molecule has 0 aliphatic heterocycles. The van der Waals surface area contributed by atoms with E-state index in [9.17, 15) is 9.59 Å². The molecule has 0 spiro atoms. The van der Waals surface area contributed by atoms with Gasteiger partial charge in [-0.3, -0.25) is 4.79 Å². The average Bonchev–Trinajstić information content (AvgIpc) is 2.50. The van der Waals surface area contributed by atoms with Crippen LogP contribution in [-0.4, -0.2) is 40.0 Å². The molecule has 1 N–H and O–H groups in total. The average molecular weight is 380 g/mol. The van der Waals surface area contributed by atoms with Crippen molar-refractivity contribution in [3.63, 3.8) is 0 Å². The third-order valence-electron chi connectivity index (χ3n) is 4.95. The second kappa shape index (κ2) is 8.82. The SMILES string of the molecule is COC(=O)[C@H](CCO[Si](C)(C)C(C)(C)C)NC(=O)c1cc(C)cc(C)c1. The molecule has 0 unspecified atom stereocenters. The highest BCUT2D eigenvalue weighted by Gasteiger charge is 2.37. The van der Waals surface area contributed by atoms with Crippen LogP contribution in [0.15, 0.2) is 18.2 Å². The molecular weight excluding hydrogens is 346 g/mol. The Morgan fingerprint density at radius 1 is 1.12 bits per heavy atom. The number of hydrogen-bond donors (Lipinski definition) is 1. The van der Waals surface area contributed by atoms with Gasteiger partial charge in [-0.2, -0.15) is 0 Å². The van der Waals surface area contributed by atoms with Gasteiger partial charge in [-0.25, -0.2) is 4.79 Å². The second-order valence-electron chi connectivity index (χ2n) is 8.32. The first-order valence-electron chi connectivity index (χ1n) is 8.98. The topological polar surface area (TPSA) is 64.6 Å². The summed E-state index contributed by atoms with van der Waals surface area (Å²) >= 11 is 0. The number of carbonyl (C=O) groups excluding carboxylic acids is 2. The zero-order valence-electron chi connectivity index (χ0n) is 17.4. The lowest BCUT2D eigenvalue weighted by Gasteiger charge is -2.36. The summed E-state index contributed by atoms with van der Waals surface area (Å²) in [6.07, 6.45) is 0.385. The highest BCUT2D eigenvalue weighted by atomic mass is 28.4. The lowest BCUT2D eigenvalue weighted by Crippen LogP contribution is -2.45. The lowest BCUT2D eigenvalue weighted by molar-refractivity contribution is -0.143. The summed E-state index contributed by atoms with van der Waals surface area (Å²) in [7, 11) is -0.574. The van der Waals surface area contributed by atoms with Crippen molar-refractivity contribution in [1.82, 2.24) is 5.32 Å². The highest BCUT2D eigenvalue weighted by molar-refractivity contribution is 6.74. The number of hydrogen-bond acceptors (Lipinski definition) is 4. The number of carbonyl (C=O) groups is 2. The lowest BCUT2D eigenvalue weighted by atomic mass is 10.1. The van der Waals surface area contributed by atoms with Crippen molar-refractivity contribution in [2.24, 2.45) is 0 Å². The van der Waals surface area contributed by atoms with Gasteiger partial charge in [0.25, 0.3) is 5.91 Å². The van der Waals surface area contributed by atoms with Crippen LogP contribution in [0.3, 0.4) is 0 Å². The molecule has 0 aliphatic carbocycles. The van der Waals surface area contributed by atoms with Crippen molar-refractivity contribution >= 4 is 20.2 Å². The molecule has 146 valence electrons. The minimum atomic E-state index is -1.90. The quantitative estimate of drug-likeness (QED) is 0.575. The predicted molar refractivity (Wildman–Crippen MR) is 107 cm³/mol. The van der Waals surface area contributed by atoms with Crippen molar-refractivity contribution in [1.29, 1.82) is 0 Å². The number of benzene rings is 1. The van der Waals surface area contributed by atoms with Gasteiger partial charge in [0.05, 0.1) is 7.11 Å². The third-order valence-corrected chi connectivity index (χ3v) is 9.49. The molecule has 0 saturated carbocycles. The van der Waals surface area contributed by atoms with E-state index in [1.807, 2.05) is 32.0 Å². The van der Waals surface area contributed by atoms with Crippen LogP contribution in [-0.2, 0) is 14.0 Å². The van der Waals surface area contributed by atoms with Gasteiger partial charge in [0.2, 0.25) is 0 Å². The minimum absolute atomic E-state index is 0.0934. The van der Waals surface area contributed by atoms with Crippen LogP contribution in [0.25, 0.3) is 0 Å². The highest BCUT2D eigenvalue weighted by Crippen LogP contribution is 2.36. The second-order valence-corrected chi connectivity index (χ2v) is 13.1. The molecule has 1 amide bonds. The van der Waals surface area contributed by atoms with Crippen LogP contribution in [0.1, 0.15) is 48.7 Å². The Hall–Kier alpha value is -1.66. The van der Waals surface area contributed by atoms with E-state index >= 15 is 0 Å². The largest absolute Gasteiger partial charge is 0.467 e. The Morgan fingerprint density at radius 3 is 2.12 bits per heavy atom. The summed E-state index contributed by atoms with van der Waals surface area (Å²) in [5.74, 6) is -0.735. The molecule has 0 heterocycles. The summed E-state index contributed by atoms with van der Waals surface area (Å²) in [6.45, 7) is 15.1. The Kier molecular flexibility index (Phi) is 7.59. The standard InChI is InChI=1S/C20H33NO4Si/c1-14-11-15(2)13-16(12-14)18(22)21-17(19(23)24-6)9-10-25-26(7,8)20(3,4)5/h11-13,17H,9-10H2,1-8H3,(H,21,22)/t17-/m0/s1. The van der Waals surface area contributed by atoms with Gasteiger partial charge in [0, 0.05) is 18.6 Å².